The van der Waals surface area contributed by atoms with Crippen LogP contribution in [0.1, 0.15) is 31.4 Å². The Kier molecular flexibility index (Phi) is 5.25. The molecule has 0 saturated carbocycles. The second-order valence-corrected chi connectivity index (χ2v) is 5.49. The molecule has 1 aromatic heterocycles. The van der Waals surface area contributed by atoms with Crippen molar-refractivity contribution in [2.45, 2.75) is 38.3 Å². The van der Waals surface area contributed by atoms with Crippen molar-refractivity contribution >= 4 is 23.2 Å². The molecule has 0 amide bonds. The fourth-order valence-corrected chi connectivity index (χ4v) is 2.84. The van der Waals surface area contributed by atoms with Crippen molar-refractivity contribution in [3.8, 4) is 0 Å². The Bertz CT molecular complexity index is 399. The van der Waals surface area contributed by atoms with Gasteiger partial charge in [0.15, 0.2) is 0 Å². The van der Waals surface area contributed by atoms with Gasteiger partial charge in [0.1, 0.15) is 5.15 Å². The Morgan fingerprint density at radius 1 is 1.33 bits per heavy atom. The topological polar surface area (TPSA) is 36.4 Å². The van der Waals surface area contributed by atoms with E-state index < -0.39 is 0 Å². The summed E-state index contributed by atoms with van der Waals surface area (Å²) < 4.78 is 0. The number of pyridine rings is 1. The number of hydrogen-bond donors (Lipinski definition) is 1. The van der Waals surface area contributed by atoms with Gasteiger partial charge in [0.25, 0.3) is 0 Å². The molecule has 1 aliphatic heterocycles. The average molecular weight is 289 g/mol. The molecule has 1 atom stereocenters. The van der Waals surface area contributed by atoms with Crippen LogP contribution in [0.15, 0.2) is 12.1 Å². The second-order valence-electron chi connectivity index (χ2n) is 4.69. The molecule has 0 aromatic carbocycles. The molecule has 5 heteroatoms. The number of piperidine rings is 1. The molecule has 2 rings (SSSR count). The molecule has 1 saturated heterocycles. The summed E-state index contributed by atoms with van der Waals surface area (Å²) in [4.78, 5) is 6.64. The van der Waals surface area contributed by atoms with Crippen LogP contribution < -0.4 is 0 Å². The number of rotatable bonds is 4. The van der Waals surface area contributed by atoms with Gasteiger partial charge < -0.3 is 5.11 Å². The van der Waals surface area contributed by atoms with Crippen LogP contribution in [-0.2, 0) is 6.54 Å². The van der Waals surface area contributed by atoms with E-state index in [-0.39, 0.29) is 6.61 Å². The zero-order valence-corrected chi connectivity index (χ0v) is 11.8. The lowest BCUT2D eigenvalue weighted by Gasteiger charge is -2.35. The first-order valence-electron chi connectivity index (χ1n) is 6.36. The summed E-state index contributed by atoms with van der Waals surface area (Å²) in [6.45, 7) is 1.98. The van der Waals surface area contributed by atoms with Crippen LogP contribution in [0.2, 0.25) is 10.2 Å². The summed E-state index contributed by atoms with van der Waals surface area (Å²) in [5, 5.41) is 10.2. The normalized spacial score (nSPS) is 21.2. The lowest BCUT2D eigenvalue weighted by atomic mass is 9.99. The predicted octanol–water partition coefficient (Wildman–Crippen LogP) is 3.13. The van der Waals surface area contributed by atoms with Crippen molar-refractivity contribution < 1.29 is 5.11 Å². The molecule has 1 aliphatic rings. The molecule has 1 fully saturated rings. The number of aromatic nitrogens is 1. The van der Waals surface area contributed by atoms with E-state index in [0.717, 1.165) is 25.1 Å². The third-order valence-corrected chi connectivity index (χ3v) is 4.00. The van der Waals surface area contributed by atoms with Gasteiger partial charge in [0, 0.05) is 19.2 Å². The summed E-state index contributed by atoms with van der Waals surface area (Å²) in [6.07, 6.45) is 4.38. The smallest absolute Gasteiger partial charge is 0.129 e. The zero-order valence-electron chi connectivity index (χ0n) is 10.3. The first kappa shape index (κ1) is 14.1. The van der Waals surface area contributed by atoms with Gasteiger partial charge in [-0.05, 0) is 37.9 Å². The molecule has 18 heavy (non-hydrogen) atoms. The monoisotopic (exact) mass is 288 g/mol. The van der Waals surface area contributed by atoms with Gasteiger partial charge >= 0.3 is 0 Å². The van der Waals surface area contributed by atoms with Crippen molar-refractivity contribution in [1.82, 2.24) is 9.88 Å². The maximum atomic E-state index is 9.11. The highest BCUT2D eigenvalue weighted by atomic mass is 35.5. The van der Waals surface area contributed by atoms with E-state index in [1.54, 1.807) is 12.1 Å². The first-order chi connectivity index (χ1) is 8.70. The van der Waals surface area contributed by atoms with Crippen LogP contribution in [-0.4, -0.2) is 34.2 Å². The van der Waals surface area contributed by atoms with Gasteiger partial charge in [-0.1, -0.05) is 29.6 Å². The maximum Gasteiger partial charge on any atom is 0.129 e. The highest BCUT2D eigenvalue weighted by Crippen LogP contribution is 2.24. The molecule has 2 heterocycles. The highest BCUT2D eigenvalue weighted by Gasteiger charge is 2.23. The van der Waals surface area contributed by atoms with Crippen LogP contribution in [0.25, 0.3) is 0 Å². The Balaban J connectivity index is 2.08. The minimum Gasteiger partial charge on any atom is -0.396 e. The van der Waals surface area contributed by atoms with Crippen LogP contribution in [0.3, 0.4) is 0 Å². The van der Waals surface area contributed by atoms with Crippen molar-refractivity contribution in [3.63, 3.8) is 0 Å². The Morgan fingerprint density at radius 2 is 2.17 bits per heavy atom. The average Bonchev–Trinajstić information content (AvgIpc) is 2.36. The van der Waals surface area contributed by atoms with Crippen molar-refractivity contribution in [3.05, 3.63) is 28.0 Å². The number of nitrogens with zero attached hydrogens (tertiary/aromatic N) is 2. The number of halogens is 2. The quantitative estimate of drug-likeness (QED) is 0.865. The minimum atomic E-state index is 0.234. The van der Waals surface area contributed by atoms with Gasteiger partial charge in [0.05, 0.1) is 10.7 Å². The summed E-state index contributed by atoms with van der Waals surface area (Å²) in [7, 11) is 0. The molecule has 0 aliphatic carbocycles. The molecule has 0 bridgehead atoms. The molecule has 1 aromatic rings. The largest absolute Gasteiger partial charge is 0.396 e. The van der Waals surface area contributed by atoms with Gasteiger partial charge in [-0.2, -0.15) is 0 Å². The number of likely N-dealkylation sites (tertiary alicyclic amines) is 1. The van der Waals surface area contributed by atoms with E-state index in [1.165, 1.54) is 12.8 Å². The fraction of sp³-hybridized carbons (Fsp3) is 0.615. The molecule has 0 spiro atoms. The van der Waals surface area contributed by atoms with Crippen molar-refractivity contribution in [2.24, 2.45) is 0 Å². The van der Waals surface area contributed by atoms with E-state index in [9.17, 15) is 0 Å². The zero-order chi connectivity index (χ0) is 13.0. The third-order valence-electron chi connectivity index (χ3n) is 3.45. The van der Waals surface area contributed by atoms with Crippen LogP contribution in [0.4, 0.5) is 0 Å². The summed E-state index contributed by atoms with van der Waals surface area (Å²) in [5.74, 6) is 0. The predicted molar refractivity (Wildman–Crippen MR) is 74.0 cm³/mol. The molecule has 3 nitrogen and oxygen atoms in total. The maximum absolute atomic E-state index is 9.11. The van der Waals surface area contributed by atoms with Gasteiger partial charge in [-0.3, -0.25) is 4.90 Å². The standard InChI is InChI=1S/C13H18Cl2N2O/c14-11-4-5-13(15)16-12(11)9-17-7-2-1-3-10(17)6-8-18/h4-5,10,18H,1-3,6-9H2. The van der Waals surface area contributed by atoms with Gasteiger partial charge in [-0.25, -0.2) is 4.98 Å². The molecule has 1 unspecified atom stereocenters. The lowest BCUT2D eigenvalue weighted by Crippen LogP contribution is -2.39. The van der Waals surface area contributed by atoms with Crippen LogP contribution in [0.5, 0.6) is 0 Å². The third kappa shape index (κ3) is 3.58. The fourth-order valence-electron chi connectivity index (χ4n) is 2.51. The Morgan fingerprint density at radius 3 is 2.94 bits per heavy atom. The number of aliphatic hydroxyl groups is 1. The molecular formula is C13H18Cl2N2O. The number of aliphatic hydroxyl groups excluding tert-OH is 1. The van der Waals surface area contributed by atoms with Crippen LogP contribution in [0, 0.1) is 0 Å². The van der Waals surface area contributed by atoms with Crippen molar-refractivity contribution in [1.29, 1.82) is 0 Å². The molecule has 0 radical (unpaired) electrons. The van der Waals surface area contributed by atoms with E-state index >= 15 is 0 Å². The highest BCUT2D eigenvalue weighted by molar-refractivity contribution is 6.32. The van der Waals surface area contributed by atoms with Gasteiger partial charge in [-0.15, -0.1) is 0 Å². The minimum absolute atomic E-state index is 0.234. The Hall–Kier alpha value is -0.350. The van der Waals surface area contributed by atoms with E-state index in [2.05, 4.69) is 9.88 Å². The molecule has 1 N–H and O–H groups in total. The lowest BCUT2D eigenvalue weighted by molar-refractivity contribution is 0.111. The SMILES string of the molecule is OCCC1CCCCN1Cc1nc(Cl)ccc1Cl. The molecule has 100 valence electrons. The van der Waals surface area contributed by atoms with E-state index in [4.69, 9.17) is 28.3 Å². The van der Waals surface area contributed by atoms with Crippen LogP contribution >= 0.6 is 23.2 Å². The second kappa shape index (κ2) is 6.71. The van der Waals surface area contributed by atoms with Gasteiger partial charge in [0.2, 0.25) is 0 Å². The first-order valence-corrected chi connectivity index (χ1v) is 7.12. The summed E-state index contributed by atoms with van der Waals surface area (Å²) in [6, 6.07) is 3.92. The number of hydrogen-bond acceptors (Lipinski definition) is 3. The van der Waals surface area contributed by atoms with Crippen molar-refractivity contribution in [2.75, 3.05) is 13.2 Å². The Labute approximate surface area is 118 Å². The molecular weight excluding hydrogens is 271 g/mol. The summed E-state index contributed by atoms with van der Waals surface area (Å²) in [5.41, 5.74) is 0.828. The summed E-state index contributed by atoms with van der Waals surface area (Å²) >= 11 is 12.0. The van der Waals surface area contributed by atoms with E-state index in [0.29, 0.717) is 22.8 Å². The van der Waals surface area contributed by atoms with E-state index in [1.807, 2.05) is 0 Å².